The van der Waals surface area contributed by atoms with Crippen LogP contribution in [0, 0.1) is 20.2 Å². The first-order chi connectivity index (χ1) is 29.2. The molecule has 2 heterocycles. The molecule has 0 atom stereocenters. The van der Waals surface area contributed by atoms with Crippen molar-refractivity contribution in [1.29, 1.82) is 0 Å². The van der Waals surface area contributed by atoms with Gasteiger partial charge in [0.25, 0.3) is 11.4 Å². The van der Waals surface area contributed by atoms with Crippen molar-refractivity contribution >= 4 is 98.1 Å². The predicted molar refractivity (Wildman–Crippen MR) is 257 cm³/mol. The fourth-order valence-electron chi connectivity index (χ4n) is 4.69. The Labute approximate surface area is 402 Å². The van der Waals surface area contributed by atoms with Gasteiger partial charge < -0.3 is 28.4 Å². The highest BCUT2D eigenvalue weighted by Gasteiger charge is 2.19. The maximum absolute atomic E-state index is 10.9. The van der Waals surface area contributed by atoms with Crippen molar-refractivity contribution in [1.82, 2.24) is 9.97 Å². The van der Waals surface area contributed by atoms with Gasteiger partial charge in [-0.15, -0.1) is 11.8 Å². The number of ether oxygens (including phenoxy) is 6. The van der Waals surface area contributed by atoms with Gasteiger partial charge in [0.2, 0.25) is 11.8 Å². The molecule has 0 amide bonds. The van der Waals surface area contributed by atoms with Crippen molar-refractivity contribution in [2.24, 2.45) is 0 Å². The largest absolute Gasteiger partial charge is 0.497 e. The lowest BCUT2D eigenvalue weighted by Gasteiger charge is -2.12. The predicted octanol–water partition coefficient (Wildman–Crippen LogP) is 14.7. The number of non-ortho nitro benzene ring substituents is 2. The van der Waals surface area contributed by atoms with Crippen LogP contribution in [-0.4, -0.2) is 48.3 Å². The van der Waals surface area contributed by atoms with Crippen molar-refractivity contribution in [3.8, 4) is 46.3 Å². The molecule has 14 nitrogen and oxygen atoms in total. The number of methoxy groups -OCH3 is 4. The monoisotopic (exact) mass is 1040 g/mol. The Morgan fingerprint density at radius 2 is 1.00 bits per heavy atom. The molecular weight excluding hydrogens is 1010 g/mol. The van der Waals surface area contributed by atoms with Gasteiger partial charge >= 0.3 is 0 Å². The molecular formula is C42H41BrCl4N4O10S2. The van der Waals surface area contributed by atoms with Crippen LogP contribution in [-0.2, 0) is 11.5 Å². The second kappa shape index (κ2) is 26.7. The van der Waals surface area contributed by atoms with Gasteiger partial charge in [-0.05, 0) is 51.3 Å². The number of rotatable bonds is 14. The molecule has 6 aromatic rings. The van der Waals surface area contributed by atoms with Crippen molar-refractivity contribution in [3.05, 3.63) is 153 Å². The maximum atomic E-state index is 10.9. The van der Waals surface area contributed by atoms with Gasteiger partial charge in [0, 0.05) is 47.9 Å². The van der Waals surface area contributed by atoms with E-state index in [1.54, 1.807) is 26.4 Å². The maximum Gasteiger partial charge on any atom is 0.272 e. The molecule has 0 aliphatic heterocycles. The Morgan fingerprint density at radius 3 is 1.37 bits per heavy atom. The highest BCUT2D eigenvalue weighted by molar-refractivity contribution is 9.10. The molecule has 0 radical (unpaired) electrons. The fraction of sp³-hybridized carbons (Fsp3) is 0.190. The van der Waals surface area contributed by atoms with Crippen molar-refractivity contribution < 1.29 is 38.3 Å². The molecule has 0 bridgehead atoms. The lowest BCUT2D eigenvalue weighted by molar-refractivity contribution is -0.385. The number of nitrogens with zero attached hydrogens (tertiary/aromatic N) is 4. The van der Waals surface area contributed by atoms with E-state index < -0.39 is 9.85 Å². The number of pyridine rings is 2. The third kappa shape index (κ3) is 16.0. The van der Waals surface area contributed by atoms with E-state index in [0.29, 0.717) is 33.5 Å². The second-order valence-corrected chi connectivity index (χ2v) is 15.5. The first-order valence-electron chi connectivity index (χ1n) is 17.1. The van der Waals surface area contributed by atoms with Crippen LogP contribution < -0.4 is 28.4 Å². The topological polar surface area (TPSA) is 167 Å². The van der Waals surface area contributed by atoms with Gasteiger partial charge in [-0.25, -0.2) is 9.97 Å². The van der Waals surface area contributed by atoms with Crippen molar-refractivity contribution in [2.45, 2.75) is 31.3 Å². The summed E-state index contributed by atoms with van der Waals surface area (Å²) in [5, 5.41) is 21.7. The molecule has 0 N–H and O–H groups in total. The van der Waals surface area contributed by atoms with Crippen LogP contribution in [0.3, 0.4) is 0 Å². The Balaban J connectivity index is 0.000000359. The second-order valence-electron chi connectivity index (χ2n) is 11.7. The SMILES string of the molecule is C.C.COc1ccc(CS)cc1.COc1ccc(CSc2cc(Oc3c(Cl)cc([N+](=O)[O-])cc3Cl)cnc2OC)cc1.COc1ncc(Oc2c(Cl)cc([N+](=O)[O-])cc2Cl)cc1Br. The van der Waals surface area contributed by atoms with E-state index in [4.69, 9.17) is 74.8 Å². The zero-order valence-corrected chi connectivity index (χ0v) is 38.6. The molecule has 0 spiro atoms. The number of hydrogen-bond acceptors (Lipinski definition) is 14. The third-order valence-corrected chi connectivity index (χ3v) is 10.8. The molecule has 2 aromatic heterocycles. The Hall–Kier alpha value is -4.88. The molecule has 6 rings (SSSR count). The standard InChI is InChI=1S/C20H16Cl2N2O5S.C12H7BrCl2N2O4.C8H10OS.2CH4/c1-27-14-5-3-12(4-6-14)11-30-18-9-15(10-23-20(18)28-2)29-19-16(21)7-13(24(25)26)8-17(19)22;1-20-12-8(13)4-7(5-16-12)21-11-9(14)2-6(17(18)19)3-10(11)15;1-9-8-4-2-7(6-10)3-5-8;;/h3-10H,11H2,1-2H3;2-5H,1H3;2-5,10H,6H2,1H3;2*1H4. The summed E-state index contributed by atoms with van der Waals surface area (Å²) >= 11 is 33.1. The number of aromatic nitrogens is 2. The van der Waals surface area contributed by atoms with Gasteiger partial charge in [0.15, 0.2) is 11.5 Å². The van der Waals surface area contributed by atoms with Crippen LogP contribution in [0.4, 0.5) is 11.4 Å². The van der Waals surface area contributed by atoms with Crippen LogP contribution >= 0.6 is 86.7 Å². The molecule has 336 valence electrons. The number of thioether (sulfide) groups is 1. The molecule has 0 saturated carbocycles. The Kier molecular flexibility index (Phi) is 23.0. The highest BCUT2D eigenvalue weighted by atomic mass is 79.9. The smallest absolute Gasteiger partial charge is 0.272 e. The summed E-state index contributed by atoms with van der Waals surface area (Å²) in [4.78, 5) is 29.5. The van der Waals surface area contributed by atoms with E-state index in [2.05, 4.69) is 38.5 Å². The molecule has 63 heavy (non-hydrogen) atoms. The lowest BCUT2D eigenvalue weighted by atomic mass is 10.2. The number of benzene rings is 4. The van der Waals surface area contributed by atoms with Crippen LogP contribution in [0.5, 0.6) is 46.3 Å². The van der Waals surface area contributed by atoms with Crippen LogP contribution in [0.15, 0.2) is 107 Å². The minimum absolute atomic E-state index is 0. The van der Waals surface area contributed by atoms with E-state index >= 15 is 0 Å². The number of hydrogen-bond donors (Lipinski definition) is 1. The Morgan fingerprint density at radius 1 is 0.603 bits per heavy atom. The number of nitro groups is 2. The average Bonchev–Trinajstić information content (AvgIpc) is 3.26. The van der Waals surface area contributed by atoms with Gasteiger partial charge in [-0.2, -0.15) is 12.6 Å². The summed E-state index contributed by atoms with van der Waals surface area (Å²) in [5.74, 6) is 4.91. The molecule has 0 aliphatic carbocycles. The van der Waals surface area contributed by atoms with E-state index in [1.807, 2.05) is 48.5 Å². The molecule has 21 heteroatoms. The summed E-state index contributed by atoms with van der Waals surface area (Å²) in [6.45, 7) is 0. The van der Waals surface area contributed by atoms with Crippen LogP contribution in [0.25, 0.3) is 0 Å². The summed E-state index contributed by atoms with van der Waals surface area (Å²) in [5.41, 5.74) is 1.87. The Bertz CT molecular complexity index is 2390. The highest BCUT2D eigenvalue weighted by Crippen LogP contribution is 2.42. The van der Waals surface area contributed by atoms with Crippen LogP contribution in [0.1, 0.15) is 26.0 Å². The summed E-state index contributed by atoms with van der Waals surface area (Å²) in [6, 6.07) is 23.7. The summed E-state index contributed by atoms with van der Waals surface area (Å²) in [7, 11) is 6.30. The molecule has 4 aromatic carbocycles. The molecule has 0 fully saturated rings. The van der Waals surface area contributed by atoms with E-state index in [9.17, 15) is 20.2 Å². The van der Waals surface area contributed by atoms with E-state index in [0.717, 1.165) is 39.8 Å². The average molecular weight is 1050 g/mol. The zero-order valence-electron chi connectivity index (χ0n) is 32.3. The number of thiol groups is 1. The summed E-state index contributed by atoms with van der Waals surface area (Å²) < 4.78 is 32.3. The third-order valence-electron chi connectivity index (χ3n) is 7.68. The van der Waals surface area contributed by atoms with E-state index in [1.165, 1.54) is 56.1 Å². The van der Waals surface area contributed by atoms with Crippen LogP contribution in [0.2, 0.25) is 20.1 Å². The van der Waals surface area contributed by atoms with Gasteiger partial charge in [-0.1, -0.05) is 85.5 Å². The quantitative estimate of drug-likeness (QED) is 0.0474. The van der Waals surface area contributed by atoms with E-state index in [-0.39, 0.29) is 57.8 Å². The zero-order chi connectivity index (χ0) is 44.6. The molecule has 0 saturated heterocycles. The number of nitro benzene ring substituents is 2. The number of halogens is 5. The first-order valence-corrected chi connectivity index (χ1v) is 21.0. The van der Waals surface area contributed by atoms with Crippen molar-refractivity contribution in [2.75, 3.05) is 28.4 Å². The normalized spacial score (nSPS) is 9.94. The fourth-order valence-corrected chi connectivity index (χ4v) is 7.47. The van der Waals surface area contributed by atoms with Crippen molar-refractivity contribution in [3.63, 3.8) is 0 Å². The van der Waals surface area contributed by atoms with Gasteiger partial charge in [0.1, 0.15) is 23.0 Å². The lowest BCUT2D eigenvalue weighted by Crippen LogP contribution is -1.95. The minimum Gasteiger partial charge on any atom is -0.497 e. The summed E-state index contributed by atoms with van der Waals surface area (Å²) in [6.07, 6.45) is 2.88. The van der Waals surface area contributed by atoms with Gasteiger partial charge in [-0.3, -0.25) is 20.2 Å². The minimum atomic E-state index is -0.590. The first kappa shape index (κ1) is 54.3. The van der Waals surface area contributed by atoms with Gasteiger partial charge in [0.05, 0.1) is 80.1 Å². The molecule has 0 unspecified atom stereocenters. The molecule has 0 aliphatic rings.